The van der Waals surface area contributed by atoms with Crippen molar-refractivity contribution in [1.82, 2.24) is 24.3 Å². The van der Waals surface area contributed by atoms with E-state index in [0.29, 0.717) is 23.2 Å². The molecule has 1 aromatic carbocycles. The highest BCUT2D eigenvalue weighted by Gasteiger charge is 2.49. The number of rotatable bonds is 11. The lowest BCUT2D eigenvalue weighted by Gasteiger charge is -2.28. The number of nitrogens with zero attached hydrogens (tertiary/aromatic N) is 5. The molecule has 2 saturated carbocycles. The molecule has 2 aliphatic rings. The Morgan fingerprint density at radius 2 is 1.97 bits per heavy atom. The molecule has 0 spiro atoms. The lowest BCUT2D eigenvalue weighted by molar-refractivity contribution is 0.0591. The van der Waals surface area contributed by atoms with Crippen molar-refractivity contribution in [2.24, 2.45) is 0 Å². The summed E-state index contributed by atoms with van der Waals surface area (Å²) in [5, 5.41) is 12.6. The lowest BCUT2D eigenvalue weighted by atomic mass is 10.2. The van der Waals surface area contributed by atoms with E-state index in [9.17, 15) is 17.2 Å². The van der Waals surface area contributed by atoms with Crippen LogP contribution in [0.15, 0.2) is 17.0 Å². The van der Waals surface area contributed by atoms with Gasteiger partial charge in [0.1, 0.15) is 12.4 Å². The SMILES string of the molecule is CC1(N(COCC[Si](C)(C)C)S(=O)(=O)c2cc(Cl)c3c(c2)c(-c2nnc(C(F)F)s2)nn3C2CC2)CC1. The summed E-state index contributed by atoms with van der Waals surface area (Å²) in [6.07, 6.45) is 0.547. The average molecular weight is 590 g/mol. The average Bonchev–Trinajstić information content (AvgIpc) is 3.69. The number of aromatic nitrogens is 4. The van der Waals surface area contributed by atoms with E-state index in [-0.39, 0.29) is 27.7 Å². The van der Waals surface area contributed by atoms with Crippen LogP contribution in [-0.4, -0.2) is 59.7 Å². The summed E-state index contributed by atoms with van der Waals surface area (Å²) >= 11 is 7.43. The van der Waals surface area contributed by atoms with Crippen molar-refractivity contribution in [2.75, 3.05) is 13.3 Å². The second-order valence-corrected chi connectivity index (χ2v) is 20.2. The van der Waals surface area contributed by atoms with E-state index in [1.54, 1.807) is 4.68 Å². The van der Waals surface area contributed by atoms with Gasteiger partial charge in [0.25, 0.3) is 6.43 Å². The number of halogens is 3. The molecule has 0 unspecified atom stereocenters. The molecular formula is C23H30ClF2N5O3S2Si. The number of sulfonamides is 1. The van der Waals surface area contributed by atoms with Gasteiger partial charge in [0, 0.05) is 25.6 Å². The van der Waals surface area contributed by atoms with Crippen LogP contribution in [-0.2, 0) is 14.8 Å². The monoisotopic (exact) mass is 589 g/mol. The minimum absolute atomic E-state index is 0.0158. The predicted molar refractivity (Wildman–Crippen MR) is 143 cm³/mol. The van der Waals surface area contributed by atoms with Gasteiger partial charge in [0.05, 0.1) is 21.5 Å². The molecule has 3 aromatic rings. The Balaban J connectivity index is 1.55. The maximum atomic E-state index is 13.9. The third kappa shape index (κ3) is 5.48. The van der Waals surface area contributed by atoms with E-state index >= 15 is 0 Å². The van der Waals surface area contributed by atoms with Crippen molar-refractivity contribution in [1.29, 1.82) is 0 Å². The molecule has 2 aromatic heterocycles. The largest absolute Gasteiger partial charge is 0.365 e. The second-order valence-electron chi connectivity index (χ2n) is 11.3. The second kappa shape index (κ2) is 9.59. The molecule has 2 aliphatic carbocycles. The van der Waals surface area contributed by atoms with Crippen molar-refractivity contribution in [3.05, 3.63) is 22.2 Å². The summed E-state index contributed by atoms with van der Waals surface area (Å²) in [7, 11) is -5.31. The molecular weight excluding hydrogens is 560 g/mol. The highest BCUT2D eigenvalue weighted by molar-refractivity contribution is 7.89. The standard InChI is InChI=1S/C23H30ClF2N5O3S2Si/c1-23(7-8-23)30(13-34-9-10-37(2,3)4)36(32,33)15-11-16-18(21-27-28-22(35-21)20(25)26)29-31(14-5-6-14)19(16)17(24)12-15/h11-12,14,20H,5-10,13H2,1-4H3. The van der Waals surface area contributed by atoms with E-state index in [1.165, 1.54) is 16.4 Å². The smallest absolute Gasteiger partial charge is 0.291 e. The third-order valence-electron chi connectivity index (χ3n) is 6.82. The van der Waals surface area contributed by atoms with Crippen LogP contribution in [0.4, 0.5) is 8.78 Å². The van der Waals surface area contributed by atoms with E-state index in [1.807, 2.05) is 6.92 Å². The fraction of sp³-hybridized carbons (Fsp3) is 0.609. The van der Waals surface area contributed by atoms with Crippen LogP contribution in [0.2, 0.25) is 30.7 Å². The molecule has 0 N–H and O–H groups in total. The van der Waals surface area contributed by atoms with Gasteiger partial charge in [-0.2, -0.15) is 9.40 Å². The number of fused-ring (bicyclic) bond motifs is 1. The molecule has 0 amide bonds. The Labute approximate surface area is 225 Å². The summed E-state index contributed by atoms with van der Waals surface area (Å²) in [5.41, 5.74) is 0.356. The zero-order chi connectivity index (χ0) is 26.8. The first-order valence-electron chi connectivity index (χ1n) is 12.2. The molecule has 14 heteroatoms. The quantitative estimate of drug-likeness (QED) is 0.147. The predicted octanol–water partition coefficient (Wildman–Crippen LogP) is 6.34. The minimum atomic E-state index is -3.98. The van der Waals surface area contributed by atoms with Crippen molar-refractivity contribution in [3.63, 3.8) is 0 Å². The van der Waals surface area contributed by atoms with E-state index in [2.05, 4.69) is 34.9 Å². The maximum absolute atomic E-state index is 13.9. The molecule has 0 saturated heterocycles. The Morgan fingerprint density at radius 3 is 2.54 bits per heavy atom. The van der Waals surface area contributed by atoms with Gasteiger partial charge in [-0.15, -0.1) is 10.2 Å². The highest BCUT2D eigenvalue weighted by Crippen LogP contribution is 2.46. The highest BCUT2D eigenvalue weighted by atomic mass is 35.5. The first kappa shape index (κ1) is 27.1. The summed E-state index contributed by atoms with van der Waals surface area (Å²) in [6.45, 7) is 9.10. The van der Waals surface area contributed by atoms with E-state index < -0.39 is 35.1 Å². The normalized spacial score (nSPS) is 17.9. The Morgan fingerprint density at radius 1 is 1.27 bits per heavy atom. The van der Waals surface area contributed by atoms with Gasteiger partial charge < -0.3 is 4.74 Å². The van der Waals surface area contributed by atoms with Gasteiger partial charge in [-0.05, 0) is 50.8 Å². The van der Waals surface area contributed by atoms with Gasteiger partial charge in [0.2, 0.25) is 10.0 Å². The zero-order valence-corrected chi connectivity index (χ0v) is 24.6. The van der Waals surface area contributed by atoms with Crippen molar-refractivity contribution in [3.8, 4) is 10.7 Å². The van der Waals surface area contributed by atoms with Crippen molar-refractivity contribution < 1.29 is 21.9 Å². The summed E-state index contributed by atoms with van der Waals surface area (Å²) in [6, 6.07) is 4.04. The summed E-state index contributed by atoms with van der Waals surface area (Å²) < 4.78 is 63.3. The molecule has 37 heavy (non-hydrogen) atoms. The van der Waals surface area contributed by atoms with Crippen LogP contribution < -0.4 is 0 Å². The van der Waals surface area contributed by atoms with Crippen LogP contribution in [0.5, 0.6) is 0 Å². The van der Waals surface area contributed by atoms with Crippen molar-refractivity contribution >= 4 is 51.9 Å². The zero-order valence-electron chi connectivity index (χ0n) is 21.2. The van der Waals surface area contributed by atoms with Gasteiger partial charge >= 0.3 is 0 Å². The molecule has 5 rings (SSSR count). The molecule has 0 atom stereocenters. The van der Waals surface area contributed by atoms with Gasteiger partial charge in [-0.1, -0.05) is 42.6 Å². The van der Waals surface area contributed by atoms with Crippen LogP contribution in [0, 0.1) is 0 Å². The topological polar surface area (TPSA) is 90.2 Å². The molecule has 0 aliphatic heterocycles. The fourth-order valence-corrected chi connectivity index (χ4v) is 7.70. The van der Waals surface area contributed by atoms with Crippen molar-refractivity contribution in [2.45, 2.75) is 81.2 Å². The number of benzene rings is 1. The first-order valence-corrected chi connectivity index (χ1v) is 18.6. The van der Waals surface area contributed by atoms with Crippen LogP contribution >= 0.6 is 22.9 Å². The molecule has 0 radical (unpaired) electrons. The third-order valence-corrected chi connectivity index (χ3v) is 11.7. The number of hydrogen-bond donors (Lipinski definition) is 0. The molecule has 8 nitrogen and oxygen atoms in total. The van der Waals surface area contributed by atoms with Crippen LogP contribution in [0.25, 0.3) is 21.6 Å². The lowest BCUT2D eigenvalue weighted by Crippen LogP contribution is -2.42. The first-order chi connectivity index (χ1) is 17.3. The molecule has 2 heterocycles. The Kier molecular flexibility index (Phi) is 7.02. The Hall–Kier alpha value is -1.51. The number of alkyl halides is 2. The summed E-state index contributed by atoms with van der Waals surface area (Å²) in [5.74, 6) is 0. The molecule has 0 bridgehead atoms. The van der Waals surface area contributed by atoms with Crippen LogP contribution in [0.1, 0.15) is 50.1 Å². The van der Waals surface area contributed by atoms with Gasteiger partial charge in [0.15, 0.2) is 10.0 Å². The fourth-order valence-electron chi connectivity index (χ4n) is 4.11. The van der Waals surface area contributed by atoms with E-state index in [0.717, 1.165) is 43.1 Å². The molecule has 202 valence electrons. The Bertz CT molecular complexity index is 1430. The van der Waals surface area contributed by atoms with Gasteiger partial charge in [-0.25, -0.2) is 17.2 Å². The molecule has 2 fully saturated rings. The maximum Gasteiger partial charge on any atom is 0.291 e. The number of hydrogen-bond acceptors (Lipinski definition) is 7. The number of ether oxygens (including phenoxy) is 1. The van der Waals surface area contributed by atoms with Gasteiger partial charge in [-0.3, -0.25) is 4.68 Å². The van der Waals surface area contributed by atoms with Crippen LogP contribution in [0.3, 0.4) is 0 Å². The summed E-state index contributed by atoms with van der Waals surface area (Å²) in [4.78, 5) is 0.0158. The van der Waals surface area contributed by atoms with E-state index in [4.69, 9.17) is 16.3 Å². The minimum Gasteiger partial charge on any atom is -0.365 e.